The van der Waals surface area contributed by atoms with Gasteiger partial charge in [0.1, 0.15) is 5.58 Å². The Morgan fingerprint density at radius 3 is 2.87 bits per heavy atom. The molecule has 0 saturated heterocycles. The van der Waals surface area contributed by atoms with Gasteiger partial charge in [0.2, 0.25) is 0 Å². The fourth-order valence-corrected chi connectivity index (χ4v) is 3.13. The summed E-state index contributed by atoms with van der Waals surface area (Å²) in [7, 11) is 1.94. The molecular formula is C17H19N3O2S. The Balaban J connectivity index is 1.80. The third-order valence-electron chi connectivity index (χ3n) is 3.95. The molecule has 0 atom stereocenters. The Hall–Kier alpha value is -2.21. The van der Waals surface area contributed by atoms with Crippen LogP contribution in [0.5, 0.6) is 0 Å². The van der Waals surface area contributed by atoms with Crippen LogP contribution < -0.4 is 5.32 Å². The monoisotopic (exact) mass is 329 g/mol. The molecule has 0 bridgehead atoms. The van der Waals surface area contributed by atoms with Crippen molar-refractivity contribution in [3.05, 3.63) is 47.0 Å². The van der Waals surface area contributed by atoms with Crippen molar-refractivity contribution in [2.24, 2.45) is 7.05 Å². The SMILES string of the molecule is CSc1ncc(CNC(=O)c2oc3cc(C)ccc3c2C)n1C. The summed E-state index contributed by atoms with van der Waals surface area (Å²) in [5.74, 6) is 0.168. The number of furan rings is 1. The average molecular weight is 329 g/mol. The second kappa shape index (κ2) is 6.12. The van der Waals surface area contributed by atoms with Gasteiger partial charge in [-0.25, -0.2) is 4.98 Å². The van der Waals surface area contributed by atoms with E-state index in [1.165, 1.54) is 0 Å². The van der Waals surface area contributed by atoms with Gasteiger partial charge >= 0.3 is 0 Å². The molecule has 0 aliphatic rings. The third kappa shape index (κ3) is 2.86. The first-order chi connectivity index (χ1) is 11.0. The highest BCUT2D eigenvalue weighted by Crippen LogP contribution is 2.26. The minimum atomic E-state index is -0.205. The molecule has 120 valence electrons. The maximum Gasteiger partial charge on any atom is 0.287 e. The number of hydrogen-bond acceptors (Lipinski definition) is 4. The zero-order valence-electron chi connectivity index (χ0n) is 13.6. The molecule has 6 heteroatoms. The van der Waals surface area contributed by atoms with Crippen molar-refractivity contribution in [2.45, 2.75) is 25.5 Å². The van der Waals surface area contributed by atoms with Crippen molar-refractivity contribution in [1.29, 1.82) is 0 Å². The Kier molecular flexibility index (Phi) is 4.17. The van der Waals surface area contributed by atoms with Gasteiger partial charge in [0.25, 0.3) is 5.91 Å². The van der Waals surface area contributed by atoms with Crippen LogP contribution in [0.4, 0.5) is 0 Å². The van der Waals surface area contributed by atoms with Crippen molar-refractivity contribution in [2.75, 3.05) is 6.26 Å². The Morgan fingerprint density at radius 2 is 2.17 bits per heavy atom. The van der Waals surface area contributed by atoms with Crippen LogP contribution >= 0.6 is 11.8 Å². The lowest BCUT2D eigenvalue weighted by molar-refractivity contribution is 0.0923. The summed E-state index contributed by atoms with van der Waals surface area (Å²) in [4.78, 5) is 16.7. The van der Waals surface area contributed by atoms with Crippen LogP contribution in [0.1, 0.15) is 27.4 Å². The van der Waals surface area contributed by atoms with Crippen LogP contribution in [0.15, 0.2) is 34.0 Å². The van der Waals surface area contributed by atoms with Gasteiger partial charge in [-0.3, -0.25) is 4.79 Å². The number of hydrogen-bond donors (Lipinski definition) is 1. The van der Waals surface area contributed by atoms with Crippen LogP contribution in [0.25, 0.3) is 11.0 Å². The number of carbonyl (C=O) groups excluding carboxylic acids is 1. The quantitative estimate of drug-likeness (QED) is 0.745. The largest absolute Gasteiger partial charge is 0.451 e. The van der Waals surface area contributed by atoms with E-state index in [-0.39, 0.29) is 5.91 Å². The average Bonchev–Trinajstić information content (AvgIpc) is 3.05. The molecular weight excluding hydrogens is 310 g/mol. The van der Waals surface area contributed by atoms with E-state index in [2.05, 4.69) is 10.3 Å². The van der Waals surface area contributed by atoms with Gasteiger partial charge < -0.3 is 14.3 Å². The highest BCUT2D eigenvalue weighted by molar-refractivity contribution is 7.98. The van der Waals surface area contributed by atoms with Crippen LogP contribution in [-0.4, -0.2) is 21.7 Å². The van der Waals surface area contributed by atoms with Crippen molar-refractivity contribution in [3.8, 4) is 0 Å². The Morgan fingerprint density at radius 1 is 1.39 bits per heavy atom. The molecule has 2 aromatic heterocycles. The van der Waals surface area contributed by atoms with Gasteiger partial charge in [-0.2, -0.15) is 0 Å². The first kappa shape index (κ1) is 15.7. The fraction of sp³-hybridized carbons (Fsp3) is 0.294. The maximum absolute atomic E-state index is 12.4. The molecule has 0 fully saturated rings. The van der Waals surface area contributed by atoms with E-state index in [0.717, 1.165) is 32.9 Å². The summed E-state index contributed by atoms with van der Waals surface area (Å²) in [6.07, 6.45) is 3.76. The maximum atomic E-state index is 12.4. The number of carbonyl (C=O) groups is 1. The second-order valence-electron chi connectivity index (χ2n) is 5.53. The van der Waals surface area contributed by atoms with Gasteiger partial charge in [-0.15, -0.1) is 0 Å². The molecule has 0 aliphatic carbocycles. The predicted octanol–water partition coefficient (Wildman–Crippen LogP) is 3.44. The molecule has 1 N–H and O–H groups in total. The highest BCUT2D eigenvalue weighted by atomic mass is 32.2. The zero-order chi connectivity index (χ0) is 16.6. The number of benzene rings is 1. The van der Waals surface area contributed by atoms with E-state index in [4.69, 9.17) is 4.42 Å². The normalized spacial score (nSPS) is 11.1. The van der Waals surface area contributed by atoms with Gasteiger partial charge in [0.15, 0.2) is 10.9 Å². The molecule has 2 heterocycles. The minimum absolute atomic E-state index is 0.205. The third-order valence-corrected chi connectivity index (χ3v) is 4.70. The van der Waals surface area contributed by atoms with Crippen molar-refractivity contribution >= 4 is 28.6 Å². The van der Waals surface area contributed by atoms with Crippen molar-refractivity contribution < 1.29 is 9.21 Å². The van der Waals surface area contributed by atoms with Crippen molar-refractivity contribution in [3.63, 3.8) is 0 Å². The molecule has 3 aromatic rings. The summed E-state index contributed by atoms with van der Waals surface area (Å²) in [6, 6.07) is 5.96. The molecule has 0 aliphatic heterocycles. The lowest BCUT2D eigenvalue weighted by atomic mass is 10.1. The number of aromatic nitrogens is 2. The molecule has 23 heavy (non-hydrogen) atoms. The predicted molar refractivity (Wildman–Crippen MR) is 91.8 cm³/mol. The molecule has 1 aromatic carbocycles. The number of rotatable bonds is 4. The summed E-state index contributed by atoms with van der Waals surface area (Å²) in [5.41, 5.74) is 3.68. The molecule has 1 amide bonds. The van der Waals surface area contributed by atoms with E-state index in [0.29, 0.717) is 12.3 Å². The number of amides is 1. The van der Waals surface area contributed by atoms with Gasteiger partial charge in [0, 0.05) is 18.0 Å². The van der Waals surface area contributed by atoms with Gasteiger partial charge in [0.05, 0.1) is 18.4 Å². The summed E-state index contributed by atoms with van der Waals surface area (Å²) in [5, 5.41) is 4.81. The summed E-state index contributed by atoms with van der Waals surface area (Å²) < 4.78 is 7.72. The van der Waals surface area contributed by atoms with E-state index in [1.54, 1.807) is 18.0 Å². The van der Waals surface area contributed by atoms with Crippen LogP contribution in [0.3, 0.4) is 0 Å². The smallest absolute Gasteiger partial charge is 0.287 e. The molecule has 0 unspecified atom stereocenters. The molecule has 0 spiro atoms. The first-order valence-electron chi connectivity index (χ1n) is 7.33. The van der Waals surface area contributed by atoms with Crippen LogP contribution in [0, 0.1) is 13.8 Å². The fourth-order valence-electron chi connectivity index (χ4n) is 2.58. The zero-order valence-corrected chi connectivity index (χ0v) is 14.5. The minimum Gasteiger partial charge on any atom is -0.451 e. The molecule has 0 saturated carbocycles. The lowest BCUT2D eigenvalue weighted by Gasteiger charge is -2.06. The van der Waals surface area contributed by atoms with Gasteiger partial charge in [-0.05, 0) is 31.7 Å². The molecule has 0 radical (unpaired) electrons. The van der Waals surface area contributed by atoms with E-state index in [1.807, 2.05) is 49.9 Å². The Labute approximate surface area is 139 Å². The number of nitrogens with one attached hydrogen (secondary N) is 1. The van der Waals surface area contributed by atoms with Gasteiger partial charge in [-0.1, -0.05) is 23.9 Å². The van der Waals surface area contributed by atoms with E-state index < -0.39 is 0 Å². The summed E-state index contributed by atoms with van der Waals surface area (Å²) >= 11 is 1.57. The van der Waals surface area contributed by atoms with E-state index in [9.17, 15) is 4.79 Å². The summed E-state index contributed by atoms with van der Waals surface area (Å²) in [6.45, 7) is 4.33. The second-order valence-corrected chi connectivity index (χ2v) is 6.31. The standard InChI is InChI=1S/C17H19N3O2S/c1-10-5-6-13-11(2)15(22-14(13)7-10)16(21)18-8-12-9-19-17(23-4)20(12)3/h5-7,9H,8H2,1-4H3,(H,18,21). The van der Waals surface area contributed by atoms with Crippen LogP contribution in [0.2, 0.25) is 0 Å². The number of nitrogens with zero attached hydrogens (tertiary/aromatic N) is 2. The highest BCUT2D eigenvalue weighted by Gasteiger charge is 2.18. The first-order valence-corrected chi connectivity index (χ1v) is 8.56. The molecule has 5 nitrogen and oxygen atoms in total. The molecule has 3 rings (SSSR count). The lowest BCUT2D eigenvalue weighted by Crippen LogP contribution is -2.24. The van der Waals surface area contributed by atoms with E-state index >= 15 is 0 Å². The number of thioether (sulfide) groups is 1. The number of imidazole rings is 1. The number of fused-ring (bicyclic) bond motifs is 1. The topological polar surface area (TPSA) is 60.1 Å². The number of aryl methyl sites for hydroxylation is 2. The Bertz CT molecular complexity index is 879. The van der Waals surface area contributed by atoms with Crippen molar-refractivity contribution in [1.82, 2.24) is 14.9 Å². The van der Waals surface area contributed by atoms with Crippen LogP contribution in [-0.2, 0) is 13.6 Å².